The molecule has 9 heteroatoms. The van der Waals surface area contributed by atoms with Gasteiger partial charge in [-0.15, -0.1) is 0 Å². The van der Waals surface area contributed by atoms with E-state index in [1.54, 1.807) is 12.4 Å². The van der Waals surface area contributed by atoms with Crippen LogP contribution in [0.1, 0.15) is 57.8 Å². The van der Waals surface area contributed by atoms with Gasteiger partial charge in [-0.1, -0.05) is 12.8 Å². The second-order valence-electron chi connectivity index (χ2n) is 13.0. The Kier molecular flexibility index (Phi) is 18.8. The van der Waals surface area contributed by atoms with Crippen molar-refractivity contribution in [2.45, 2.75) is 57.8 Å². The lowest BCUT2D eigenvalue weighted by molar-refractivity contribution is 0.0647. The van der Waals surface area contributed by atoms with Gasteiger partial charge in [-0.05, 0) is 109 Å². The van der Waals surface area contributed by atoms with E-state index in [2.05, 4.69) is 40.2 Å². The standard InChI is InChI=1S/C7H10N2.C7H13N.C6H12N2.2C5H11N.C4H8N2/c1-9(2)7-3-5-8-6-4-7;1-4-8-5-2-7(1)3-6-8;1-2-8-5-3-7(1)4-6-8;2*1-2-4-6-5-3-1;1-6-3-2-5-4-6/h3-6H,1-2H3;7H,1-6H2;1-6H2;2*6H,1-5H2;4H,2-3H2,1H3. The number of aromatic nitrogens is 1. The minimum Gasteiger partial charge on any atom is -0.378 e. The Morgan fingerprint density at radius 3 is 1.23 bits per heavy atom. The van der Waals surface area contributed by atoms with Crippen molar-refractivity contribution in [3.8, 4) is 0 Å². The first-order valence-corrected chi connectivity index (χ1v) is 17.5. The molecule has 8 fully saturated rings. The van der Waals surface area contributed by atoms with Crippen LogP contribution in [0.15, 0.2) is 29.5 Å². The van der Waals surface area contributed by atoms with E-state index in [0.29, 0.717) is 0 Å². The van der Waals surface area contributed by atoms with Gasteiger partial charge < -0.3 is 25.3 Å². The highest BCUT2D eigenvalue weighted by Crippen LogP contribution is 2.26. The van der Waals surface area contributed by atoms with Crippen molar-refractivity contribution in [2.75, 3.05) is 124 Å². The van der Waals surface area contributed by atoms with Gasteiger partial charge in [0.1, 0.15) is 0 Å². The van der Waals surface area contributed by atoms with Crippen LogP contribution in [0.25, 0.3) is 0 Å². The van der Waals surface area contributed by atoms with Gasteiger partial charge in [-0.3, -0.25) is 19.8 Å². The van der Waals surface area contributed by atoms with E-state index in [1.807, 2.05) is 44.5 Å². The molecule has 0 radical (unpaired) electrons. The van der Waals surface area contributed by atoms with Crippen LogP contribution in [0.3, 0.4) is 0 Å². The van der Waals surface area contributed by atoms with Crippen LogP contribution < -0.4 is 15.5 Å². The van der Waals surface area contributed by atoms with Gasteiger partial charge in [-0.2, -0.15) is 0 Å². The lowest BCUT2D eigenvalue weighted by Crippen LogP contribution is -2.55. The van der Waals surface area contributed by atoms with Crippen molar-refractivity contribution >= 4 is 12.0 Å². The lowest BCUT2D eigenvalue weighted by atomic mass is 9.89. The Balaban J connectivity index is 0.000000142. The van der Waals surface area contributed by atoms with Crippen LogP contribution >= 0.6 is 0 Å². The predicted octanol–water partition coefficient (Wildman–Crippen LogP) is 3.35. The maximum Gasteiger partial charge on any atom is 0.0848 e. The molecule has 9 aliphatic rings. The Labute approximate surface area is 264 Å². The number of nitrogens with zero attached hydrogens (tertiary/aromatic N) is 7. The fourth-order valence-corrected chi connectivity index (χ4v) is 6.10. The molecule has 1 aromatic heterocycles. The van der Waals surface area contributed by atoms with E-state index in [0.717, 1.165) is 19.0 Å². The Hall–Kier alpha value is -1.78. The highest BCUT2D eigenvalue weighted by atomic mass is 15.3. The van der Waals surface area contributed by atoms with Crippen molar-refractivity contribution < 1.29 is 0 Å². The fraction of sp³-hybridized carbons (Fsp3) is 0.824. The molecule has 1 aromatic rings. The van der Waals surface area contributed by atoms with E-state index in [-0.39, 0.29) is 0 Å². The van der Waals surface area contributed by atoms with Crippen molar-refractivity contribution in [3.05, 3.63) is 24.5 Å². The molecule has 246 valence electrons. The summed E-state index contributed by atoms with van der Waals surface area (Å²) >= 11 is 0. The maximum absolute atomic E-state index is 3.97. The van der Waals surface area contributed by atoms with Gasteiger partial charge in [0, 0.05) is 85.0 Å². The molecule has 9 aliphatic heterocycles. The third kappa shape index (κ3) is 16.8. The lowest BCUT2D eigenvalue weighted by Gasteiger charge is -2.41. The Morgan fingerprint density at radius 2 is 1.07 bits per heavy atom. The summed E-state index contributed by atoms with van der Waals surface area (Å²) in [4.78, 5) is 19.6. The van der Waals surface area contributed by atoms with E-state index >= 15 is 0 Å². The molecular formula is C34H65N9. The average molecular weight is 600 g/mol. The fourth-order valence-electron chi connectivity index (χ4n) is 6.10. The van der Waals surface area contributed by atoms with Crippen LogP contribution in [0.5, 0.6) is 0 Å². The summed E-state index contributed by atoms with van der Waals surface area (Å²) < 4.78 is 0. The van der Waals surface area contributed by atoms with Gasteiger partial charge in [0.15, 0.2) is 0 Å². The number of piperazine rings is 3. The quantitative estimate of drug-likeness (QED) is 0.510. The molecule has 4 bridgehead atoms. The van der Waals surface area contributed by atoms with Gasteiger partial charge in [0.25, 0.3) is 0 Å². The van der Waals surface area contributed by atoms with E-state index in [9.17, 15) is 0 Å². The van der Waals surface area contributed by atoms with Crippen LogP contribution in [0.4, 0.5) is 5.69 Å². The zero-order valence-electron chi connectivity index (χ0n) is 28.1. The molecule has 10 rings (SSSR count). The largest absolute Gasteiger partial charge is 0.378 e. The Bertz CT molecular complexity index is 692. The van der Waals surface area contributed by atoms with Gasteiger partial charge in [0.05, 0.1) is 12.9 Å². The first-order valence-electron chi connectivity index (χ1n) is 17.5. The van der Waals surface area contributed by atoms with Crippen molar-refractivity contribution in [1.82, 2.24) is 35.2 Å². The van der Waals surface area contributed by atoms with E-state index < -0.39 is 0 Å². The maximum atomic E-state index is 3.97. The minimum absolute atomic E-state index is 0.983. The number of rotatable bonds is 1. The number of hydrogen-bond donors (Lipinski definition) is 2. The third-order valence-corrected chi connectivity index (χ3v) is 9.21. The second-order valence-corrected chi connectivity index (χ2v) is 13.0. The van der Waals surface area contributed by atoms with Crippen molar-refractivity contribution in [2.24, 2.45) is 10.9 Å². The van der Waals surface area contributed by atoms with Crippen molar-refractivity contribution in [1.29, 1.82) is 0 Å². The molecule has 0 aliphatic carbocycles. The monoisotopic (exact) mass is 600 g/mol. The van der Waals surface area contributed by atoms with Crippen LogP contribution in [0, 0.1) is 5.92 Å². The summed E-state index contributed by atoms with van der Waals surface area (Å²) in [6, 6.07) is 3.94. The predicted molar refractivity (Wildman–Crippen MR) is 185 cm³/mol. The molecule has 0 saturated carbocycles. The number of nitrogens with one attached hydrogen (secondary N) is 2. The summed E-state index contributed by atoms with van der Waals surface area (Å²) in [5, 5.41) is 6.57. The molecule has 8 saturated heterocycles. The number of piperidine rings is 5. The van der Waals surface area contributed by atoms with Gasteiger partial charge in [-0.25, -0.2) is 0 Å². The normalized spacial score (nSPS) is 28.1. The molecule has 0 unspecified atom stereocenters. The number of anilines is 1. The topological polar surface area (TPSA) is 65.5 Å². The first kappa shape index (κ1) is 35.7. The van der Waals surface area contributed by atoms with Gasteiger partial charge >= 0.3 is 0 Å². The van der Waals surface area contributed by atoms with Crippen LogP contribution in [0.2, 0.25) is 0 Å². The molecular weight excluding hydrogens is 534 g/mol. The molecule has 2 N–H and O–H groups in total. The average Bonchev–Trinajstić information content (AvgIpc) is 3.61. The first-order chi connectivity index (χ1) is 21.1. The Morgan fingerprint density at radius 1 is 0.628 bits per heavy atom. The number of aliphatic imine (C=N–C) groups is 1. The number of hydrogen-bond acceptors (Lipinski definition) is 9. The highest BCUT2D eigenvalue weighted by molar-refractivity contribution is 5.56. The molecule has 0 spiro atoms. The molecule has 43 heavy (non-hydrogen) atoms. The highest BCUT2D eigenvalue weighted by Gasteiger charge is 2.24. The minimum atomic E-state index is 0.983. The van der Waals surface area contributed by atoms with Crippen LogP contribution in [-0.2, 0) is 0 Å². The number of pyridine rings is 1. The van der Waals surface area contributed by atoms with E-state index in [4.69, 9.17) is 0 Å². The summed E-state index contributed by atoms with van der Waals surface area (Å²) in [7, 11) is 6.04. The summed E-state index contributed by atoms with van der Waals surface area (Å²) in [5.41, 5.74) is 1.19. The molecule has 9 nitrogen and oxygen atoms in total. The molecule has 10 heterocycles. The summed E-state index contributed by atoms with van der Waals surface area (Å²) in [5.74, 6) is 1.11. The second kappa shape index (κ2) is 22.7. The number of likely N-dealkylation sites (N-methyl/N-ethyl adjacent to an activating group) is 1. The molecule has 0 atom stereocenters. The zero-order chi connectivity index (χ0) is 30.4. The third-order valence-electron chi connectivity index (χ3n) is 9.21. The molecule has 0 aromatic carbocycles. The molecule has 0 amide bonds. The number of fused-ring (bicyclic) bond motifs is 6. The van der Waals surface area contributed by atoms with Crippen molar-refractivity contribution in [3.63, 3.8) is 0 Å². The van der Waals surface area contributed by atoms with Gasteiger partial charge in [0.2, 0.25) is 0 Å². The van der Waals surface area contributed by atoms with E-state index in [1.165, 1.54) is 149 Å². The summed E-state index contributed by atoms with van der Waals surface area (Å²) in [6.45, 7) is 19.2. The summed E-state index contributed by atoms with van der Waals surface area (Å²) in [6.07, 6.45) is 18.3. The smallest absolute Gasteiger partial charge is 0.0848 e. The SMILES string of the molecule is C1CCNCC1.C1CCNCC1.C1CN2CCC1CC2.C1CN2CCN1CC2.CN(C)c1ccncc1.CN1C=NCC1. The van der Waals surface area contributed by atoms with Crippen LogP contribution in [-0.4, -0.2) is 150 Å². The zero-order valence-corrected chi connectivity index (χ0v) is 28.1.